The lowest BCUT2D eigenvalue weighted by Gasteiger charge is -2.10. The highest BCUT2D eigenvalue weighted by molar-refractivity contribution is 9.11. The molecule has 84 valence electrons. The molecule has 0 fully saturated rings. The first kappa shape index (κ1) is 12.1. The molecule has 1 aromatic heterocycles. The molecular weight excluding hydrogens is 350 g/mol. The second-order valence-electron chi connectivity index (χ2n) is 3.48. The number of rotatable bonds is 3. The van der Waals surface area contributed by atoms with Crippen molar-refractivity contribution in [3.8, 4) is 0 Å². The molecule has 1 nitrogen and oxygen atoms in total. The minimum absolute atomic E-state index is 0.866. The third-order valence-electron chi connectivity index (χ3n) is 2.36. The summed E-state index contributed by atoms with van der Waals surface area (Å²) in [6.45, 7) is 3.01. The van der Waals surface area contributed by atoms with Crippen LogP contribution in [0.1, 0.15) is 10.4 Å². The van der Waals surface area contributed by atoms with Gasteiger partial charge in [-0.15, -0.1) is 11.3 Å². The van der Waals surface area contributed by atoms with Crippen molar-refractivity contribution >= 4 is 48.9 Å². The number of nitrogens with one attached hydrogen (secondary N) is 1. The summed E-state index contributed by atoms with van der Waals surface area (Å²) < 4.78 is 2.16. The quantitative estimate of drug-likeness (QED) is 0.793. The van der Waals surface area contributed by atoms with Gasteiger partial charge in [0, 0.05) is 20.4 Å². The zero-order valence-corrected chi connectivity index (χ0v) is 12.7. The molecule has 2 aromatic rings. The smallest absolute Gasteiger partial charge is 0.0631 e. The molecule has 4 heteroatoms. The van der Waals surface area contributed by atoms with Crippen LogP contribution in [0, 0.1) is 6.92 Å². The third kappa shape index (κ3) is 2.67. The van der Waals surface area contributed by atoms with Gasteiger partial charge in [0.1, 0.15) is 0 Å². The summed E-state index contributed by atoms with van der Waals surface area (Å²) in [6, 6.07) is 8.23. The number of hydrogen-bond acceptors (Lipinski definition) is 2. The van der Waals surface area contributed by atoms with E-state index in [-0.39, 0.29) is 0 Å². The minimum Gasteiger partial charge on any atom is -0.378 e. The van der Waals surface area contributed by atoms with E-state index in [0.717, 1.165) is 21.2 Å². The number of thiophene rings is 1. The lowest BCUT2D eigenvalue weighted by atomic mass is 10.2. The Morgan fingerprint density at radius 1 is 1.19 bits per heavy atom. The number of para-hydroxylation sites is 1. The highest BCUT2D eigenvalue weighted by Gasteiger charge is 2.05. The van der Waals surface area contributed by atoms with Gasteiger partial charge in [0.2, 0.25) is 0 Å². The van der Waals surface area contributed by atoms with E-state index in [2.05, 4.69) is 55.5 Å². The number of halogens is 2. The fraction of sp³-hybridized carbons (Fsp3) is 0.167. The molecule has 0 aliphatic heterocycles. The van der Waals surface area contributed by atoms with Gasteiger partial charge in [-0.05, 0) is 67.9 Å². The summed E-state index contributed by atoms with van der Waals surface area (Å²) in [5.41, 5.74) is 2.45. The number of hydrogen-bond donors (Lipinski definition) is 1. The van der Waals surface area contributed by atoms with Crippen molar-refractivity contribution in [3.05, 3.63) is 49.0 Å². The maximum atomic E-state index is 3.54. The maximum Gasteiger partial charge on any atom is 0.0631 e. The van der Waals surface area contributed by atoms with Gasteiger partial charge in [-0.2, -0.15) is 0 Å². The Morgan fingerprint density at radius 2 is 1.88 bits per heavy atom. The molecular formula is C12H11Br2NS. The average Bonchev–Trinajstić information content (AvgIpc) is 2.64. The molecule has 0 unspecified atom stereocenters. The van der Waals surface area contributed by atoms with Crippen LogP contribution in [0.15, 0.2) is 38.6 Å². The van der Waals surface area contributed by atoms with Crippen LogP contribution in [-0.2, 0) is 6.54 Å². The highest BCUT2D eigenvalue weighted by atomic mass is 79.9. The summed E-state index contributed by atoms with van der Waals surface area (Å²) in [6.07, 6.45) is 0. The van der Waals surface area contributed by atoms with Gasteiger partial charge in [-0.1, -0.05) is 6.07 Å². The molecule has 16 heavy (non-hydrogen) atoms. The Kier molecular flexibility index (Phi) is 4.05. The largest absolute Gasteiger partial charge is 0.378 e. The van der Waals surface area contributed by atoms with E-state index in [0.29, 0.717) is 0 Å². The Morgan fingerprint density at radius 3 is 2.44 bits per heavy atom. The van der Waals surface area contributed by atoms with E-state index in [9.17, 15) is 0 Å². The van der Waals surface area contributed by atoms with E-state index in [4.69, 9.17) is 0 Å². The highest BCUT2D eigenvalue weighted by Crippen LogP contribution is 2.31. The van der Waals surface area contributed by atoms with Gasteiger partial charge in [-0.25, -0.2) is 0 Å². The first-order valence-corrected chi connectivity index (χ1v) is 7.36. The van der Waals surface area contributed by atoms with Crippen molar-refractivity contribution in [2.45, 2.75) is 13.5 Å². The van der Waals surface area contributed by atoms with Crippen molar-refractivity contribution in [1.29, 1.82) is 0 Å². The minimum atomic E-state index is 0.866. The van der Waals surface area contributed by atoms with Crippen molar-refractivity contribution in [1.82, 2.24) is 0 Å². The number of anilines is 1. The molecule has 2 rings (SSSR count). The molecule has 0 radical (unpaired) electrons. The van der Waals surface area contributed by atoms with Gasteiger partial charge < -0.3 is 5.32 Å². The van der Waals surface area contributed by atoms with Gasteiger partial charge in [0.25, 0.3) is 0 Å². The van der Waals surface area contributed by atoms with E-state index < -0.39 is 0 Å². The summed E-state index contributed by atoms with van der Waals surface area (Å²) in [4.78, 5) is 1.38. The molecule has 0 bridgehead atoms. The zero-order chi connectivity index (χ0) is 11.5. The first-order valence-electron chi connectivity index (χ1n) is 4.89. The van der Waals surface area contributed by atoms with Crippen molar-refractivity contribution in [3.63, 3.8) is 0 Å². The van der Waals surface area contributed by atoms with Crippen LogP contribution < -0.4 is 5.32 Å². The fourth-order valence-electron chi connectivity index (χ4n) is 1.42. The molecule has 0 saturated heterocycles. The van der Waals surface area contributed by atoms with E-state index in [1.807, 2.05) is 18.2 Å². The molecule has 0 aliphatic carbocycles. The molecule has 0 spiro atoms. The predicted octanol–water partition coefficient (Wildman–Crippen LogP) is 5.19. The Hall–Kier alpha value is -0.320. The molecule has 0 saturated carbocycles. The van der Waals surface area contributed by atoms with Crippen molar-refractivity contribution in [2.75, 3.05) is 5.32 Å². The van der Waals surface area contributed by atoms with Crippen LogP contribution in [0.4, 0.5) is 5.69 Å². The van der Waals surface area contributed by atoms with Gasteiger partial charge in [-0.3, -0.25) is 0 Å². The maximum absolute atomic E-state index is 3.54. The van der Waals surface area contributed by atoms with E-state index >= 15 is 0 Å². The monoisotopic (exact) mass is 359 g/mol. The molecule has 0 atom stereocenters. The lowest BCUT2D eigenvalue weighted by molar-refractivity contribution is 1.16. The lowest BCUT2D eigenvalue weighted by Crippen LogP contribution is -2.00. The second kappa shape index (κ2) is 5.34. The van der Waals surface area contributed by atoms with Gasteiger partial charge in [0.15, 0.2) is 0 Å². The summed E-state index contributed by atoms with van der Waals surface area (Å²) in [7, 11) is 0. The normalized spacial score (nSPS) is 10.4. The Labute approximate surface area is 116 Å². The summed E-state index contributed by atoms with van der Waals surface area (Å²) >= 11 is 8.87. The number of benzene rings is 1. The zero-order valence-electron chi connectivity index (χ0n) is 8.76. The van der Waals surface area contributed by atoms with Crippen LogP contribution in [0.5, 0.6) is 0 Å². The summed E-state index contributed by atoms with van der Waals surface area (Å²) in [5, 5.41) is 5.57. The van der Waals surface area contributed by atoms with E-state index in [1.165, 1.54) is 10.4 Å². The summed E-state index contributed by atoms with van der Waals surface area (Å²) in [5.74, 6) is 0. The van der Waals surface area contributed by atoms with E-state index in [1.54, 1.807) is 11.3 Å². The van der Waals surface area contributed by atoms with Gasteiger partial charge in [0.05, 0.1) is 5.69 Å². The third-order valence-corrected chi connectivity index (χ3v) is 4.70. The predicted molar refractivity (Wildman–Crippen MR) is 78.2 cm³/mol. The van der Waals surface area contributed by atoms with Crippen LogP contribution in [0.25, 0.3) is 0 Å². The van der Waals surface area contributed by atoms with Crippen molar-refractivity contribution < 1.29 is 0 Å². The number of aryl methyl sites for hydroxylation is 1. The molecule has 1 N–H and O–H groups in total. The Balaban J connectivity index is 2.14. The van der Waals surface area contributed by atoms with Crippen LogP contribution >= 0.6 is 43.2 Å². The Bertz CT molecular complexity index is 473. The van der Waals surface area contributed by atoms with Crippen LogP contribution in [0.3, 0.4) is 0 Å². The average molecular weight is 361 g/mol. The van der Waals surface area contributed by atoms with Crippen molar-refractivity contribution in [2.24, 2.45) is 0 Å². The molecule has 1 heterocycles. The van der Waals surface area contributed by atoms with Crippen LogP contribution in [-0.4, -0.2) is 0 Å². The van der Waals surface area contributed by atoms with Crippen LogP contribution in [0.2, 0.25) is 0 Å². The second-order valence-corrected chi connectivity index (χ2v) is 6.19. The molecule has 0 aliphatic rings. The molecule has 0 amide bonds. The fourth-order valence-corrected chi connectivity index (χ4v) is 3.55. The van der Waals surface area contributed by atoms with Gasteiger partial charge >= 0.3 is 0 Å². The standard InChI is InChI=1S/C12H11Br2NS/c1-8-5-6-16-11(8)7-15-12-9(13)3-2-4-10(12)14/h2-6,15H,7H2,1H3. The topological polar surface area (TPSA) is 12.0 Å². The molecule has 1 aromatic carbocycles. The SMILES string of the molecule is Cc1ccsc1CNc1c(Br)cccc1Br. The first-order chi connectivity index (χ1) is 7.68.